The molecule has 1 amide bonds. The number of carbonyl (C=O) groups excluding carboxylic acids is 1. The molecular formula is C18H20N2O2. The van der Waals surface area contributed by atoms with Gasteiger partial charge in [0.15, 0.2) is 0 Å². The normalized spacial score (nSPS) is 22.0. The fraction of sp³-hybridized carbons (Fsp3) is 0.444. The number of hydrogen-bond donors (Lipinski definition) is 0. The van der Waals surface area contributed by atoms with E-state index in [4.69, 9.17) is 9.72 Å². The van der Waals surface area contributed by atoms with E-state index in [9.17, 15) is 4.79 Å². The maximum atomic E-state index is 13.1. The van der Waals surface area contributed by atoms with Crippen LogP contribution in [0.5, 0.6) is 0 Å². The summed E-state index contributed by atoms with van der Waals surface area (Å²) in [5.41, 5.74) is 2.79. The van der Waals surface area contributed by atoms with Crippen molar-refractivity contribution in [1.82, 2.24) is 9.88 Å². The predicted octanol–water partition coefficient (Wildman–Crippen LogP) is 2.97. The average molecular weight is 296 g/mol. The van der Waals surface area contributed by atoms with Crippen LogP contribution in [0.3, 0.4) is 0 Å². The zero-order chi connectivity index (χ0) is 15.1. The molecule has 2 fully saturated rings. The molecule has 1 aromatic carbocycles. The van der Waals surface area contributed by atoms with E-state index in [0.29, 0.717) is 25.7 Å². The van der Waals surface area contributed by atoms with E-state index in [1.807, 2.05) is 42.2 Å². The lowest BCUT2D eigenvalue weighted by Gasteiger charge is -2.33. The van der Waals surface area contributed by atoms with Crippen LogP contribution in [-0.4, -0.2) is 41.6 Å². The first kappa shape index (κ1) is 13.7. The molecule has 2 aliphatic rings. The number of morpholine rings is 1. The van der Waals surface area contributed by atoms with Gasteiger partial charge in [-0.1, -0.05) is 18.2 Å². The largest absolute Gasteiger partial charge is 0.377 e. The molecule has 4 rings (SSSR count). The third kappa shape index (κ3) is 2.37. The molecule has 2 aromatic rings. The van der Waals surface area contributed by atoms with Crippen LogP contribution in [0.15, 0.2) is 30.3 Å². The van der Waals surface area contributed by atoms with Crippen LogP contribution in [0.4, 0.5) is 0 Å². The number of rotatable bonds is 2. The molecule has 22 heavy (non-hydrogen) atoms. The van der Waals surface area contributed by atoms with E-state index in [1.54, 1.807) is 0 Å². The first-order valence-electron chi connectivity index (χ1n) is 8.02. The van der Waals surface area contributed by atoms with Crippen molar-refractivity contribution in [3.63, 3.8) is 0 Å². The van der Waals surface area contributed by atoms with Gasteiger partial charge in [0.25, 0.3) is 5.91 Å². The second kappa shape index (κ2) is 5.36. The Morgan fingerprint density at radius 2 is 2.14 bits per heavy atom. The van der Waals surface area contributed by atoms with Gasteiger partial charge in [-0.2, -0.15) is 0 Å². The Labute approximate surface area is 130 Å². The van der Waals surface area contributed by atoms with Crippen molar-refractivity contribution in [1.29, 1.82) is 0 Å². The number of pyridine rings is 1. The molecule has 1 aliphatic carbocycles. The smallest absolute Gasteiger partial charge is 0.255 e. The lowest BCUT2D eigenvalue weighted by atomic mass is 10.0. The average Bonchev–Trinajstić information content (AvgIpc) is 3.38. The number of para-hydroxylation sites is 1. The van der Waals surface area contributed by atoms with Crippen LogP contribution in [0.1, 0.15) is 41.7 Å². The number of fused-ring (bicyclic) bond motifs is 1. The van der Waals surface area contributed by atoms with E-state index in [-0.39, 0.29) is 11.9 Å². The van der Waals surface area contributed by atoms with Gasteiger partial charge in [0.2, 0.25) is 0 Å². The molecule has 1 aliphatic heterocycles. The quantitative estimate of drug-likeness (QED) is 0.855. The predicted molar refractivity (Wildman–Crippen MR) is 85.0 cm³/mol. The molecule has 1 saturated heterocycles. The minimum Gasteiger partial charge on any atom is -0.377 e. The van der Waals surface area contributed by atoms with Gasteiger partial charge in [-0.3, -0.25) is 9.78 Å². The summed E-state index contributed by atoms with van der Waals surface area (Å²) in [6, 6.07) is 10.1. The molecule has 1 atom stereocenters. The fourth-order valence-electron chi connectivity index (χ4n) is 3.14. The highest BCUT2D eigenvalue weighted by atomic mass is 16.5. The highest BCUT2D eigenvalue weighted by Crippen LogP contribution is 2.40. The number of aromatic nitrogens is 1. The zero-order valence-electron chi connectivity index (χ0n) is 12.8. The van der Waals surface area contributed by atoms with Gasteiger partial charge in [-0.25, -0.2) is 0 Å². The second-order valence-corrected chi connectivity index (χ2v) is 6.31. The minimum absolute atomic E-state index is 0.108. The second-order valence-electron chi connectivity index (χ2n) is 6.31. The van der Waals surface area contributed by atoms with E-state index >= 15 is 0 Å². The SMILES string of the molecule is C[C@H]1COCCN1C(=O)c1cc(C2CC2)nc2ccccc12. The highest BCUT2D eigenvalue weighted by Gasteiger charge is 2.30. The van der Waals surface area contributed by atoms with Crippen molar-refractivity contribution >= 4 is 16.8 Å². The molecule has 0 unspecified atom stereocenters. The van der Waals surface area contributed by atoms with Crippen molar-refractivity contribution in [2.45, 2.75) is 31.7 Å². The van der Waals surface area contributed by atoms with Crippen LogP contribution in [-0.2, 0) is 4.74 Å². The van der Waals surface area contributed by atoms with Crippen LogP contribution in [0.2, 0.25) is 0 Å². The van der Waals surface area contributed by atoms with Crippen LogP contribution in [0, 0.1) is 0 Å². The first-order chi connectivity index (χ1) is 10.7. The number of benzene rings is 1. The molecule has 0 bridgehead atoms. The Morgan fingerprint density at radius 3 is 2.91 bits per heavy atom. The van der Waals surface area contributed by atoms with Gasteiger partial charge >= 0.3 is 0 Å². The van der Waals surface area contributed by atoms with E-state index in [1.165, 1.54) is 12.8 Å². The van der Waals surface area contributed by atoms with Crippen LogP contribution in [0.25, 0.3) is 10.9 Å². The summed E-state index contributed by atoms with van der Waals surface area (Å²) in [7, 11) is 0. The molecule has 4 nitrogen and oxygen atoms in total. The van der Waals surface area contributed by atoms with Gasteiger partial charge in [0.1, 0.15) is 0 Å². The van der Waals surface area contributed by atoms with Gasteiger partial charge in [-0.15, -0.1) is 0 Å². The molecule has 2 heterocycles. The zero-order valence-corrected chi connectivity index (χ0v) is 12.8. The van der Waals surface area contributed by atoms with E-state index in [0.717, 1.165) is 22.2 Å². The van der Waals surface area contributed by atoms with Crippen molar-refractivity contribution < 1.29 is 9.53 Å². The Bertz CT molecular complexity index is 724. The summed E-state index contributed by atoms with van der Waals surface area (Å²) in [5.74, 6) is 0.648. The molecule has 1 saturated carbocycles. The Hall–Kier alpha value is -1.94. The van der Waals surface area contributed by atoms with Gasteiger partial charge in [0.05, 0.1) is 30.3 Å². The molecule has 0 N–H and O–H groups in total. The maximum absolute atomic E-state index is 13.1. The number of nitrogens with zero attached hydrogens (tertiary/aromatic N) is 2. The molecule has 0 radical (unpaired) electrons. The standard InChI is InChI=1S/C18H20N2O2/c1-12-11-22-9-8-20(12)18(21)15-10-17(13-6-7-13)19-16-5-3-2-4-14(15)16/h2-5,10,12-13H,6-9,11H2,1H3/t12-/m0/s1. The number of amides is 1. The monoisotopic (exact) mass is 296 g/mol. The van der Waals surface area contributed by atoms with Crippen molar-refractivity contribution in [3.8, 4) is 0 Å². The van der Waals surface area contributed by atoms with Crippen molar-refractivity contribution in [3.05, 3.63) is 41.6 Å². The number of carbonyl (C=O) groups is 1. The summed E-state index contributed by atoms with van der Waals surface area (Å²) >= 11 is 0. The molecular weight excluding hydrogens is 276 g/mol. The summed E-state index contributed by atoms with van der Waals surface area (Å²) in [6.45, 7) is 3.94. The molecule has 0 spiro atoms. The highest BCUT2D eigenvalue weighted by molar-refractivity contribution is 6.06. The van der Waals surface area contributed by atoms with Crippen LogP contribution < -0.4 is 0 Å². The lowest BCUT2D eigenvalue weighted by Crippen LogP contribution is -2.47. The third-order valence-corrected chi connectivity index (χ3v) is 4.59. The maximum Gasteiger partial charge on any atom is 0.255 e. The number of hydrogen-bond acceptors (Lipinski definition) is 3. The van der Waals surface area contributed by atoms with Crippen LogP contribution >= 0.6 is 0 Å². The summed E-state index contributed by atoms with van der Waals surface area (Å²) in [4.78, 5) is 19.7. The summed E-state index contributed by atoms with van der Waals surface area (Å²) < 4.78 is 5.45. The molecule has 114 valence electrons. The lowest BCUT2D eigenvalue weighted by molar-refractivity contribution is 0.00369. The topological polar surface area (TPSA) is 42.4 Å². The minimum atomic E-state index is 0.108. The van der Waals surface area contributed by atoms with E-state index < -0.39 is 0 Å². The van der Waals surface area contributed by atoms with Gasteiger partial charge < -0.3 is 9.64 Å². The Kier molecular flexibility index (Phi) is 3.34. The van der Waals surface area contributed by atoms with E-state index in [2.05, 4.69) is 0 Å². The van der Waals surface area contributed by atoms with Crippen molar-refractivity contribution in [2.75, 3.05) is 19.8 Å². The van der Waals surface area contributed by atoms with Gasteiger partial charge in [-0.05, 0) is 31.9 Å². The third-order valence-electron chi connectivity index (χ3n) is 4.59. The van der Waals surface area contributed by atoms with Gasteiger partial charge in [0, 0.05) is 23.5 Å². The summed E-state index contributed by atoms with van der Waals surface area (Å²) in [5, 5.41) is 0.954. The molecule has 1 aromatic heterocycles. The Morgan fingerprint density at radius 1 is 1.32 bits per heavy atom. The van der Waals surface area contributed by atoms with Crippen molar-refractivity contribution in [2.24, 2.45) is 0 Å². The Balaban J connectivity index is 1.80. The number of ether oxygens (including phenoxy) is 1. The first-order valence-corrected chi connectivity index (χ1v) is 8.02. The summed E-state index contributed by atoms with van der Waals surface area (Å²) in [6.07, 6.45) is 2.37. The molecule has 4 heteroatoms. The fourth-order valence-corrected chi connectivity index (χ4v) is 3.14.